The highest BCUT2D eigenvalue weighted by molar-refractivity contribution is 6.32. The van der Waals surface area contributed by atoms with Crippen molar-refractivity contribution >= 4 is 39.7 Å². The van der Waals surface area contributed by atoms with Gasteiger partial charge in [0.25, 0.3) is 0 Å². The molecule has 0 aliphatic carbocycles. The third-order valence-electron chi connectivity index (χ3n) is 6.40. The van der Waals surface area contributed by atoms with Gasteiger partial charge in [-0.25, -0.2) is 9.97 Å². The summed E-state index contributed by atoms with van der Waals surface area (Å²) in [5, 5.41) is 1.20. The van der Waals surface area contributed by atoms with Gasteiger partial charge < -0.3 is 26.0 Å². The molecular weight excluding hydrogens is 462 g/mol. The zero-order valence-electron chi connectivity index (χ0n) is 19.8. The van der Waals surface area contributed by atoms with E-state index in [0.29, 0.717) is 40.8 Å². The van der Waals surface area contributed by atoms with Gasteiger partial charge in [-0.05, 0) is 63.0 Å². The molecule has 0 saturated carbocycles. The Morgan fingerprint density at radius 3 is 2.69 bits per heavy atom. The number of aromatic nitrogens is 3. The highest BCUT2D eigenvalue weighted by Gasteiger charge is 2.26. The predicted octanol–water partition coefficient (Wildman–Crippen LogP) is 4.23. The monoisotopic (exact) mass is 489 g/mol. The van der Waals surface area contributed by atoms with Gasteiger partial charge in [0.1, 0.15) is 18.2 Å². The zero-order chi connectivity index (χ0) is 24.5. The number of anilines is 3. The molecule has 0 amide bonds. The van der Waals surface area contributed by atoms with E-state index in [9.17, 15) is 0 Å². The molecule has 1 atom stereocenters. The molecule has 4 N–H and O–H groups in total. The number of hydrogen-bond donors (Lipinski definition) is 2. The van der Waals surface area contributed by atoms with Crippen LogP contribution in [-0.2, 0) is 6.61 Å². The Labute approximate surface area is 209 Å². The molecule has 0 spiro atoms. The Kier molecular flexibility index (Phi) is 6.32. The van der Waals surface area contributed by atoms with E-state index in [2.05, 4.69) is 33.9 Å². The second-order valence-electron chi connectivity index (χ2n) is 8.97. The minimum absolute atomic E-state index is 0.328. The fraction of sp³-hybridized carbons (Fsp3) is 0.269. The minimum Gasteiger partial charge on any atom is -0.486 e. The van der Waals surface area contributed by atoms with Gasteiger partial charge in [0.15, 0.2) is 5.82 Å². The average molecular weight is 490 g/mol. The molecule has 1 fully saturated rings. The van der Waals surface area contributed by atoms with E-state index in [1.807, 2.05) is 42.5 Å². The zero-order valence-corrected chi connectivity index (χ0v) is 20.5. The first-order chi connectivity index (χ1) is 16.9. The van der Waals surface area contributed by atoms with Crippen LogP contribution in [0.5, 0.6) is 5.75 Å². The first kappa shape index (κ1) is 23.1. The highest BCUT2D eigenvalue weighted by atomic mass is 35.5. The van der Waals surface area contributed by atoms with E-state index in [-0.39, 0.29) is 0 Å². The summed E-state index contributed by atoms with van der Waals surface area (Å²) in [6.07, 6.45) is 2.82. The summed E-state index contributed by atoms with van der Waals surface area (Å²) in [4.78, 5) is 18.2. The number of fused-ring (bicyclic) bond motifs is 1. The number of ether oxygens (including phenoxy) is 1. The number of likely N-dealkylation sites (N-methyl/N-ethyl adjacent to an activating group) is 1. The molecule has 3 heterocycles. The number of nitrogens with zero attached hydrogens (tertiary/aromatic N) is 5. The van der Waals surface area contributed by atoms with Crippen molar-refractivity contribution in [3.8, 4) is 17.1 Å². The minimum atomic E-state index is 0.328. The van der Waals surface area contributed by atoms with E-state index in [1.165, 1.54) is 0 Å². The Morgan fingerprint density at radius 1 is 1.11 bits per heavy atom. The molecule has 0 bridgehead atoms. The predicted molar refractivity (Wildman–Crippen MR) is 142 cm³/mol. The van der Waals surface area contributed by atoms with Crippen LogP contribution in [0.2, 0.25) is 5.02 Å². The van der Waals surface area contributed by atoms with Gasteiger partial charge in [0.2, 0.25) is 0 Å². The van der Waals surface area contributed by atoms with Crippen molar-refractivity contribution in [2.75, 3.05) is 43.6 Å². The molecule has 0 radical (unpaired) electrons. The number of pyridine rings is 1. The lowest BCUT2D eigenvalue weighted by molar-refractivity contribution is 0.301. The molecule has 2 aromatic carbocycles. The Bertz CT molecular complexity index is 1360. The average Bonchev–Trinajstić information content (AvgIpc) is 3.34. The lowest BCUT2D eigenvalue weighted by atomic mass is 10.1. The second kappa shape index (κ2) is 9.56. The summed E-state index contributed by atoms with van der Waals surface area (Å²) >= 11 is 6.52. The van der Waals surface area contributed by atoms with Crippen LogP contribution >= 0.6 is 11.6 Å². The molecule has 1 aliphatic heterocycles. The van der Waals surface area contributed by atoms with Crippen LogP contribution in [0.3, 0.4) is 0 Å². The first-order valence-corrected chi connectivity index (χ1v) is 11.9. The maximum atomic E-state index is 6.52. The first-order valence-electron chi connectivity index (χ1n) is 11.5. The molecule has 5 rings (SSSR count). The Balaban J connectivity index is 1.43. The van der Waals surface area contributed by atoms with Gasteiger partial charge in [-0.1, -0.05) is 17.7 Å². The highest BCUT2D eigenvalue weighted by Crippen LogP contribution is 2.35. The number of halogens is 1. The molecule has 9 heteroatoms. The summed E-state index contributed by atoms with van der Waals surface area (Å²) < 4.78 is 5.84. The van der Waals surface area contributed by atoms with E-state index in [1.54, 1.807) is 12.3 Å². The summed E-state index contributed by atoms with van der Waals surface area (Å²) in [6.45, 7) is 2.20. The summed E-state index contributed by atoms with van der Waals surface area (Å²) in [5.41, 5.74) is 16.7. The van der Waals surface area contributed by atoms with Crippen LogP contribution in [0.15, 0.2) is 54.7 Å². The van der Waals surface area contributed by atoms with Crippen LogP contribution in [0.1, 0.15) is 12.1 Å². The SMILES string of the molecule is CN(C)C1CCN(c2cc3nc(-c4ccc(OCc5ccccn5)c(Cl)c4)nc(N)c3cc2N)C1. The number of hydrogen-bond acceptors (Lipinski definition) is 8. The van der Waals surface area contributed by atoms with Crippen molar-refractivity contribution in [3.63, 3.8) is 0 Å². The van der Waals surface area contributed by atoms with Gasteiger partial charge in [0.05, 0.1) is 27.6 Å². The Hall–Kier alpha value is -3.62. The normalized spacial score (nSPS) is 15.8. The molecule has 1 aliphatic rings. The standard InChI is InChI=1S/C26H28ClN7O/c1-33(2)18-8-10-34(14-18)23-13-22-19(12-21(23)28)25(29)32-26(31-22)16-6-7-24(20(27)11-16)35-15-17-5-3-4-9-30-17/h3-7,9,11-13,18H,8,10,14-15,28H2,1-2H3,(H2,29,31,32). The fourth-order valence-electron chi connectivity index (χ4n) is 4.38. The lowest BCUT2D eigenvalue weighted by Gasteiger charge is -2.23. The van der Waals surface area contributed by atoms with Crippen molar-refractivity contribution in [1.29, 1.82) is 0 Å². The third-order valence-corrected chi connectivity index (χ3v) is 6.70. The molecule has 4 aromatic rings. The Morgan fingerprint density at radius 2 is 1.97 bits per heavy atom. The number of nitrogens with two attached hydrogens (primary N) is 2. The smallest absolute Gasteiger partial charge is 0.162 e. The summed E-state index contributed by atoms with van der Waals surface area (Å²) in [5.74, 6) is 1.44. The van der Waals surface area contributed by atoms with E-state index in [4.69, 9.17) is 32.8 Å². The maximum Gasteiger partial charge on any atom is 0.162 e. The van der Waals surface area contributed by atoms with Gasteiger partial charge in [0, 0.05) is 36.3 Å². The van der Waals surface area contributed by atoms with Gasteiger partial charge in [-0.3, -0.25) is 4.98 Å². The van der Waals surface area contributed by atoms with Crippen molar-refractivity contribution in [1.82, 2.24) is 19.9 Å². The number of nitrogen functional groups attached to an aromatic ring is 2. The van der Waals surface area contributed by atoms with Crippen LogP contribution < -0.4 is 21.1 Å². The van der Waals surface area contributed by atoms with Gasteiger partial charge in [-0.2, -0.15) is 0 Å². The molecule has 1 saturated heterocycles. The van der Waals surface area contributed by atoms with Crippen LogP contribution in [0.25, 0.3) is 22.3 Å². The van der Waals surface area contributed by atoms with Crippen LogP contribution in [0, 0.1) is 0 Å². The van der Waals surface area contributed by atoms with Crippen molar-refractivity contribution in [2.24, 2.45) is 0 Å². The van der Waals surface area contributed by atoms with E-state index >= 15 is 0 Å². The van der Waals surface area contributed by atoms with Gasteiger partial charge >= 0.3 is 0 Å². The summed E-state index contributed by atoms with van der Waals surface area (Å²) in [6, 6.07) is 15.5. The summed E-state index contributed by atoms with van der Waals surface area (Å²) in [7, 11) is 4.22. The second-order valence-corrected chi connectivity index (χ2v) is 9.37. The number of benzene rings is 2. The molecular formula is C26H28ClN7O. The van der Waals surface area contributed by atoms with E-state index < -0.39 is 0 Å². The molecule has 8 nitrogen and oxygen atoms in total. The molecule has 1 unspecified atom stereocenters. The van der Waals surface area contributed by atoms with Crippen LogP contribution in [0.4, 0.5) is 17.2 Å². The topological polar surface area (TPSA) is 106 Å². The lowest BCUT2D eigenvalue weighted by Crippen LogP contribution is -2.31. The quantitative estimate of drug-likeness (QED) is 0.387. The number of rotatable bonds is 6. The van der Waals surface area contributed by atoms with Gasteiger partial charge in [-0.15, -0.1) is 0 Å². The molecule has 35 heavy (non-hydrogen) atoms. The largest absolute Gasteiger partial charge is 0.486 e. The molecule has 180 valence electrons. The van der Waals surface area contributed by atoms with Crippen molar-refractivity contribution < 1.29 is 4.74 Å². The van der Waals surface area contributed by atoms with Crippen molar-refractivity contribution in [3.05, 3.63) is 65.4 Å². The third kappa shape index (κ3) is 4.80. The fourth-order valence-corrected chi connectivity index (χ4v) is 4.62. The van der Waals surface area contributed by atoms with Crippen LogP contribution in [-0.4, -0.2) is 53.1 Å². The maximum absolute atomic E-state index is 6.52. The van der Waals surface area contributed by atoms with E-state index in [0.717, 1.165) is 47.4 Å². The molecule has 2 aromatic heterocycles. The van der Waals surface area contributed by atoms with Crippen molar-refractivity contribution in [2.45, 2.75) is 19.1 Å².